The molecule has 218 valence electrons. The molecule has 1 heteroatoms. The minimum atomic E-state index is 0.819. The van der Waals surface area contributed by atoms with Crippen LogP contribution in [-0.2, 0) is 0 Å². The smallest absolute Gasteiger partial charge is 0.00954 e. The molecule has 0 bridgehead atoms. The van der Waals surface area contributed by atoms with Gasteiger partial charge in [0.15, 0.2) is 0 Å². The monoisotopic (exact) mass is 508 g/mol. The van der Waals surface area contributed by atoms with Gasteiger partial charge in [0.05, 0.1) is 0 Å². The molecule has 5 rings (SSSR count). The summed E-state index contributed by atoms with van der Waals surface area (Å²) in [7, 11) is 0. The van der Waals surface area contributed by atoms with Crippen LogP contribution in [0.4, 0.5) is 0 Å². The highest BCUT2D eigenvalue weighted by molar-refractivity contribution is 5.03. The number of piperidine rings is 1. The van der Waals surface area contributed by atoms with Crippen molar-refractivity contribution in [2.45, 2.75) is 166 Å². The Labute approximate surface area is 231 Å². The second-order valence-corrected chi connectivity index (χ2v) is 11.2. The van der Waals surface area contributed by atoms with E-state index in [2.05, 4.69) is 19.2 Å². The predicted octanol–water partition coefficient (Wildman–Crippen LogP) is 11.4. The molecule has 0 aromatic carbocycles. The molecule has 36 heavy (non-hydrogen) atoms. The maximum Gasteiger partial charge on any atom is 0.00954 e. The number of hydrogen-bond donors (Lipinski definition) is 1. The fourth-order valence-corrected chi connectivity index (χ4v) is 9.15. The zero-order chi connectivity index (χ0) is 27.7. The molecule has 0 aromatic heterocycles. The molecule has 10 atom stereocenters. The Morgan fingerprint density at radius 3 is 1.69 bits per heavy atom. The molecule has 1 heterocycles. The fraction of sp³-hybridized carbons (Fsp3) is 1.00. The van der Waals surface area contributed by atoms with Crippen LogP contribution in [-0.4, -0.2) is 12.6 Å². The van der Waals surface area contributed by atoms with Crippen molar-refractivity contribution in [2.75, 3.05) is 6.54 Å². The summed E-state index contributed by atoms with van der Waals surface area (Å²) in [6, 6.07) is 0.819. The Morgan fingerprint density at radius 2 is 1.08 bits per heavy atom. The number of fused-ring (bicyclic) bond motifs is 5. The molecule has 7 unspecified atom stereocenters. The van der Waals surface area contributed by atoms with Crippen LogP contribution in [0.2, 0.25) is 0 Å². The van der Waals surface area contributed by atoms with Crippen LogP contribution in [0.1, 0.15) is 160 Å². The SMILES string of the molecule is CC.CC.CC.CC.CC.C[C@@H]1C2CC3C4CCCCC4CCC3C2CCC1[C@H](C)[C@H]1CCCCN1. The van der Waals surface area contributed by atoms with Gasteiger partial charge in [-0.15, -0.1) is 0 Å². The van der Waals surface area contributed by atoms with Gasteiger partial charge in [0.2, 0.25) is 0 Å². The molecule has 0 spiro atoms. The first-order valence-electron chi connectivity index (χ1n) is 17.5. The van der Waals surface area contributed by atoms with Gasteiger partial charge in [-0.1, -0.05) is 109 Å². The van der Waals surface area contributed by atoms with Gasteiger partial charge < -0.3 is 5.32 Å². The van der Waals surface area contributed by atoms with Crippen LogP contribution < -0.4 is 5.32 Å². The molecule has 4 aliphatic carbocycles. The largest absolute Gasteiger partial charge is 0.314 e. The maximum absolute atomic E-state index is 3.88. The van der Waals surface area contributed by atoms with E-state index >= 15 is 0 Å². The van der Waals surface area contributed by atoms with Gasteiger partial charge in [0.25, 0.3) is 0 Å². The molecule has 0 aromatic rings. The second kappa shape index (κ2) is 20.9. The third kappa shape index (κ3) is 8.74. The summed E-state index contributed by atoms with van der Waals surface area (Å²) in [5.74, 6) is 9.60. The van der Waals surface area contributed by atoms with Crippen molar-refractivity contribution in [3.8, 4) is 0 Å². The van der Waals surface area contributed by atoms with E-state index in [0.717, 1.165) is 59.3 Å². The zero-order valence-electron chi connectivity index (χ0n) is 27.5. The molecule has 1 saturated heterocycles. The highest BCUT2D eigenvalue weighted by atomic mass is 14.9. The van der Waals surface area contributed by atoms with Crippen molar-refractivity contribution in [3.05, 3.63) is 0 Å². The first kappa shape index (κ1) is 36.0. The van der Waals surface area contributed by atoms with Crippen molar-refractivity contribution in [2.24, 2.45) is 53.3 Å². The molecule has 0 radical (unpaired) electrons. The summed E-state index contributed by atoms with van der Waals surface area (Å²) in [5, 5.41) is 3.88. The highest BCUT2D eigenvalue weighted by Crippen LogP contribution is 2.62. The van der Waals surface area contributed by atoms with E-state index in [9.17, 15) is 0 Å². The van der Waals surface area contributed by atoms with E-state index in [4.69, 9.17) is 0 Å². The Balaban J connectivity index is 0.00000110. The third-order valence-corrected chi connectivity index (χ3v) is 10.4. The first-order valence-corrected chi connectivity index (χ1v) is 17.5. The summed E-state index contributed by atoms with van der Waals surface area (Å²) >= 11 is 0. The summed E-state index contributed by atoms with van der Waals surface area (Å²) in [5.41, 5.74) is 0. The average molecular weight is 508 g/mol. The van der Waals surface area contributed by atoms with Crippen molar-refractivity contribution in [1.29, 1.82) is 0 Å². The lowest BCUT2D eigenvalue weighted by molar-refractivity contribution is 0.0356. The zero-order valence-corrected chi connectivity index (χ0v) is 27.5. The number of hydrogen-bond acceptors (Lipinski definition) is 1. The lowest BCUT2D eigenvalue weighted by Gasteiger charge is -2.46. The first-order chi connectivity index (χ1) is 17.7. The van der Waals surface area contributed by atoms with Gasteiger partial charge in [0.1, 0.15) is 0 Å². The van der Waals surface area contributed by atoms with Crippen molar-refractivity contribution in [1.82, 2.24) is 5.32 Å². The van der Waals surface area contributed by atoms with Gasteiger partial charge in [-0.25, -0.2) is 0 Å². The quantitative estimate of drug-likeness (QED) is 0.392. The third-order valence-electron chi connectivity index (χ3n) is 10.4. The number of rotatable bonds is 2. The van der Waals surface area contributed by atoms with Crippen molar-refractivity contribution < 1.29 is 0 Å². The van der Waals surface area contributed by atoms with Gasteiger partial charge in [0, 0.05) is 6.04 Å². The average Bonchev–Trinajstić information content (AvgIpc) is 3.39. The molecule has 1 aliphatic heterocycles. The summed E-state index contributed by atoms with van der Waals surface area (Å²) in [6.45, 7) is 26.6. The van der Waals surface area contributed by atoms with Gasteiger partial charge in [-0.2, -0.15) is 0 Å². The molecule has 1 nitrogen and oxygen atoms in total. The van der Waals surface area contributed by atoms with Crippen LogP contribution in [0.3, 0.4) is 0 Å². The van der Waals surface area contributed by atoms with E-state index < -0.39 is 0 Å². The minimum Gasteiger partial charge on any atom is -0.314 e. The minimum absolute atomic E-state index is 0.819. The normalized spacial score (nSPS) is 38.8. The Morgan fingerprint density at radius 1 is 0.528 bits per heavy atom. The van der Waals surface area contributed by atoms with E-state index in [1.807, 2.05) is 69.2 Å². The predicted molar refractivity (Wildman–Crippen MR) is 167 cm³/mol. The standard InChI is InChI=1S/C25H43N.5C2H6/c1-16-19(17(2)25-9-5-6-14-26-25)12-13-21-22-11-10-18-7-3-4-8-20(18)24(22)15-23(16)21;5*1-2/h16-26H,3-15H2,1-2H3;5*1-2H3/t16-,17-,18?,19?,20?,21?,22?,23?,24?,25+;;;;;/m0...../s1. The molecule has 1 N–H and O–H groups in total. The summed E-state index contributed by atoms with van der Waals surface area (Å²) in [4.78, 5) is 0. The summed E-state index contributed by atoms with van der Waals surface area (Å²) < 4.78 is 0. The molecular weight excluding hydrogens is 434 g/mol. The van der Waals surface area contributed by atoms with E-state index in [0.29, 0.717) is 0 Å². The summed E-state index contributed by atoms with van der Waals surface area (Å²) in [6.07, 6.45) is 18.5. The molecule has 5 aliphatic rings. The fourth-order valence-electron chi connectivity index (χ4n) is 9.15. The molecule has 4 saturated carbocycles. The highest BCUT2D eigenvalue weighted by Gasteiger charge is 2.54. The molecular formula is C35H73N. The van der Waals surface area contributed by atoms with Crippen LogP contribution in [0.15, 0.2) is 0 Å². The van der Waals surface area contributed by atoms with Crippen molar-refractivity contribution >= 4 is 0 Å². The van der Waals surface area contributed by atoms with E-state index in [1.165, 1.54) is 32.2 Å². The van der Waals surface area contributed by atoms with Gasteiger partial charge in [-0.05, 0) is 111 Å². The van der Waals surface area contributed by atoms with Gasteiger partial charge >= 0.3 is 0 Å². The lowest BCUT2D eigenvalue weighted by atomic mass is 9.59. The number of nitrogens with one attached hydrogen (secondary N) is 1. The second-order valence-electron chi connectivity index (χ2n) is 11.2. The molecule has 5 fully saturated rings. The Bertz CT molecular complexity index is 481. The maximum atomic E-state index is 3.88. The van der Waals surface area contributed by atoms with Gasteiger partial charge in [-0.3, -0.25) is 0 Å². The van der Waals surface area contributed by atoms with E-state index in [-0.39, 0.29) is 0 Å². The topological polar surface area (TPSA) is 12.0 Å². The Kier molecular flexibility index (Phi) is 20.8. The van der Waals surface area contributed by atoms with E-state index in [1.54, 1.807) is 51.4 Å². The van der Waals surface area contributed by atoms with Crippen LogP contribution in [0.5, 0.6) is 0 Å². The van der Waals surface area contributed by atoms with Crippen LogP contribution >= 0.6 is 0 Å². The Hall–Kier alpha value is -0.0400. The van der Waals surface area contributed by atoms with Crippen molar-refractivity contribution in [3.63, 3.8) is 0 Å². The van der Waals surface area contributed by atoms with Crippen LogP contribution in [0.25, 0.3) is 0 Å². The van der Waals surface area contributed by atoms with Crippen LogP contribution in [0, 0.1) is 53.3 Å². The molecule has 0 amide bonds. The lowest BCUT2D eigenvalue weighted by Crippen LogP contribution is -2.45.